The van der Waals surface area contributed by atoms with E-state index >= 15 is 0 Å². The predicted molar refractivity (Wildman–Crippen MR) is 246 cm³/mol. The molecule has 6 aromatic rings. The molecule has 2 heterocycles. The average Bonchev–Trinajstić information content (AvgIpc) is 3.32. The van der Waals surface area contributed by atoms with E-state index in [-0.39, 0.29) is 36.7 Å². The standard InChI is InChI=1S/C52H56N4O6S/c1-38-15-25-48(26-16-38)63(59,60)54-49(32-39-9-4-2-5-10-39)51(58)53-34-42-13-8-14-46(31-42)43-21-23-45(24-22-43)52-61-47(33-50(62-52)44-19-17-41(37-57)18-20-44)36-56-29-27-55(28-30-56)35-40-11-6-3-7-12-40/h2-26,31,47,49-50,52,54,57H,27-30,32-37H2,1H3,(H,53,58)/t47-,49+,50+,52+/m0/s1. The molecule has 4 atom stereocenters. The Hall–Kier alpha value is -5.50. The maximum Gasteiger partial charge on any atom is 0.241 e. The molecule has 3 N–H and O–H groups in total. The van der Waals surface area contributed by atoms with E-state index < -0.39 is 28.3 Å². The Bertz CT molecular complexity index is 2500. The Morgan fingerprint density at radius 2 is 1.32 bits per heavy atom. The molecule has 0 aliphatic carbocycles. The normalized spacial score (nSPS) is 19.0. The number of aliphatic hydroxyl groups is 1. The first kappa shape index (κ1) is 44.1. The van der Waals surface area contributed by atoms with Crippen LogP contribution in [0.5, 0.6) is 0 Å². The van der Waals surface area contributed by atoms with Gasteiger partial charge in [0.15, 0.2) is 6.29 Å². The number of benzene rings is 6. The number of nitrogens with one attached hydrogen (secondary N) is 2. The molecule has 0 spiro atoms. The minimum absolute atomic E-state index is 0.00554. The third-order valence-electron chi connectivity index (χ3n) is 11.9. The summed E-state index contributed by atoms with van der Waals surface area (Å²) in [6, 6.07) is 49.8. The number of nitrogens with zero attached hydrogens (tertiary/aromatic N) is 2. The van der Waals surface area contributed by atoms with Gasteiger partial charge in [0, 0.05) is 57.8 Å². The second kappa shape index (κ2) is 20.8. The van der Waals surface area contributed by atoms with Gasteiger partial charge in [-0.3, -0.25) is 14.6 Å². The number of carbonyl (C=O) groups is 1. The molecule has 10 nitrogen and oxygen atoms in total. The first-order valence-electron chi connectivity index (χ1n) is 21.8. The fourth-order valence-electron chi connectivity index (χ4n) is 8.31. The zero-order valence-electron chi connectivity index (χ0n) is 35.7. The number of carbonyl (C=O) groups excluding carboxylic acids is 1. The van der Waals surface area contributed by atoms with Crippen LogP contribution in [0, 0.1) is 6.92 Å². The summed E-state index contributed by atoms with van der Waals surface area (Å²) in [5.74, 6) is -0.414. The monoisotopic (exact) mass is 864 g/mol. The van der Waals surface area contributed by atoms with Crippen LogP contribution < -0.4 is 10.0 Å². The third-order valence-corrected chi connectivity index (χ3v) is 13.4. The van der Waals surface area contributed by atoms with Crippen molar-refractivity contribution in [1.82, 2.24) is 19.8 Å². The van der Waals surface area contributed by atoms with Gasteiger partial charge in [-0.05, 0) is 70.5 Å². The van der Waals surface area contributed by atoms with Gasteiger partial charge in [0.1, 0.15) is 6.04 Å². The average molecular weight is 865 g/mol. The zero-order chi connectivity index (χ0) is 43.6. The van der Waals surface area contributed by atoms with E-state index in [1.165, 1.54) is 5.56 Å². The van der Waals surface area contributed by atoms with Crippen LogP contribution in [0.3, 0.4) is 0 Å². The Labute approximate surface area is 371 Å². The van der Waals surface area contributed by atoms with Gasteiger partial charge in [-0.1, -0.05) is 145 Å². The number of piperazine rings is 1. The molecule has 8 rings (SSSR count). The number of aliphatic hydroxyl groups excluding tert-OH is 1. The van der Waals surface area contributed by atoms with Gasteiger partial charge in [-0.25, -0.2) is 8.42 Å². The van der Waals surface area contributed by atoms with Crippen molar-refractivity contribution in [3.8, 4) is 11.1 Å². The highest BCUT2D eigenvalue weighted by Gasteiger charge is 2.34. The van der Waals surface area contributed by atoms with Gasteiger partial charge in [-0.2, -0.15) is 4.72 Å². The van der Waals surface area contributed by atoms with Gasteiger partial charge in [-0.15, -0.1) is 0 Å². The first-order valence-corrected chi connectivity index (χ1v) is 23.2. The molecule has 63 heavy (non-hydrogen) atoms. The van der Waals surface area contributed by atoms with Crippen LogP contribution in [0.1, 0.15) is 57.8 Å². The minimum Gasteiger partial charge on any atom is -0.392 e. The van der Waals surface area contributed by atoms with Crippen LogP contribution in [0.4, 0.5) is 0 Å². The number of hydrogen-bond donors (Lipinski definition) is 3. The van der Waals surface area contributed by atoms with Gasteiger partial charge in [0.2, 0.25) is 15.9 Å². The number of sulfonamides is 1. The molecule has 0 radical (unpaired) electrons. The van der Waals surface area contributed by atoms with Crippen LogP contribution in [0.15, 0.2) is 163 Å². The topological polar surface area (TPSA) is 120 Å². The van der Waals surface area contributed by atoms with Gasteiger partial charge in [0.25, 0.3) is 0 Å². The molecule has 1 amide bonds. The van der Waals surface area contributed by atoms with Crippen LogP contribution in [0.2, 0.25) is 0 Å². The number of ether oxygens (including phenoxy) is 2. The molecule has 0 bridgehead atoms. The summed E-state index contributed by atoms with van der Waals surface area (Å²) < 4.78 is 42.8. The Morgan fingerprint density at radius 3 is 2.00 bits per heavy atom. The van der Waals surface area contributed by atoms with Crippen molar-refractivity contribution in [1.29, 1.82) is 0 Å². The van der Waals surface area contributed by atoms with E-state index in [9.17, 15) is 18.3 Å². The molecule has 0 saturated carbocycles. The van der Waals surface area contributed by atoms with Crippen LogP contribution in [-0.2, 0) is 50.4 Å². The summed E-state index contributed by atoms with van der Waals surface area (Å²) in [6.07, 6.45) is 0.156. The fourth-order valence-corrected chi connectivity index (χ4v) is 9.50. The molecule has 2 saturated heterocycles. The van der Waals surface area contributed by atoms with E-state index in [0.29, 0.717) is 0 Å². The van der Waals surface area contributed by atoms with Crippen LogP contribution in [0.25, 0.3) is 11.1 Å². The van der Waals surface area contributed by atoms with Crippen molar-refractivity contribution < 1.29 is 27.8 Å². The van der Waals surface area contributed by atoms with Crippen molar-refractivity contribution in [2.75, 3.05) is 32.7 Å². The third kappa shape index (κ3) is 12.0. The fraction of sp³-hybridized carbons (Fsp3) is 0.288. The lowest BCUT2D eigenvalue weighted by Gasteiger charge is -2.40. The van der Waals surface area contributed by atoms with Crippen molar-refractivity contribution in [3.05, 3.63) is 197 Å². The molecule has 326 valence electrons. The molecular formula is C52H56N4O6S. The summed E-state index contributed by atoms with van der Waals surface area (Å²) in [6.45, 7) is 7.86. The second-order valence-corrected chi connectivity index (χ2v) is 18.3. The van der Waals surface area contributed by atoms with Gasteiger partial charge in [0.05, 0.1) is 23.7 Å². The molecular weight excluding hydrogens is 809 g/mol. The van der Waals surface area contributed by atoms with Crippen LogP contribution >= 0.6 is 0 Å². The number of amides is 1. The predicted octanol–water partition coefficient (Wildman–Crippen LogP) is 7.72. The second-order valence-electron chi connectivity index (χ2n) is 16.6. The summed E-state index contributed by atoms with van der Waals surface area (Å²) in [4.78, 5) is 18.8. The van der Waals surface area contributed by atoms with E-state index in [0.717, 1.165) is 90.2 Å². The van der Waals surface area contributed by atoms with Crippen molar-refractivity contribution >= 4 is 15.9 Å². The molecule has 2 aliphatic rings. The Kier molecular flexibility index (Phi) is 14.6. The quantitative estimate of drug-likeness (QED) is 0.0906. The zero-order valence-corrected chi connectivity index (χ0v) is 36.5. The number of aryl methyl sites for hydroxylation is 1. The number of rotatable bonds is 16. The molecule has 2 aliphatic heterocycles. The van der Waals surface area contributed by atoms with E-state index in [2.05, 4.69) is 74.4 Å². The first-order chi connectivity index (χ1) is 30.7. The highest BCUT2D eigenvalue weighted by Crippen LogP contribution is 2.39. The summed E-state index contributed by atoms with van der Waals surface area (Å²) in [7, 11) is -3.96. The minimum atomic E-state index is -3.96. The lowest BCUT2D eigenvalue weighted by atomic mass is 9.98. The van der Waals surface area contributed by atoms with Crippen LogP contribution in [-0.4, -0.2) is 74.1 Å². The van der Waals surface area contributed by atoms with Gasteiger partial charge >= 0.3 is 0 Å². The van der Waals surface area contributed by atoms with Crippen molar-refractivity contribution in [3.63, 3.8) is 0 Å². The molecule has 11 heteroatoms. The van der Waals surface area contributed by atoms with E-state index in [1.54, 1.807) is 24.3 Å². The van der Waals surface area contributed by atoms with Crippen molar-refractivity contribution in [2.24, 2.45) is 0 Å². The van der Waals surface area contributed by atoms with Crippen molar-refractivity contribution in [2.45, 2.75) is 68.9 Å². The molecule has 0 unspecified atom stereocenters. The summed E-state index contributed by atoms with van der Waals surface area (Å²) in [5, 5.41) is 12.6. The Morgan fingerprint density at radius 1 is 0.683 bits per heavy atom. The largest absolute Gasteiger partial charge is 0.392 e. The summed E-state index contributed by atoms with van der Waals surface area (Å²) in [5.41, 5.74) is 8.83. The van der Waals surface area contributed by atoms with E-state index in [4.69, 9.17) is 9.47 Å². The SMILES string of the molecule is Cc1ccc(S(=O)(=O)N[C@H](Cc2ccccc2)C(=O)NCc2cccc(-c3ccc([C@@H]4O[C@H](CN5CCN(Cc6ccccc6)CC5)C[C@H](c5ccc(CO)cc5)O4)cc3)c2)cc1. The maximum absolute atomic E-state index is 13.7. The highest BCUT2D eigenvalue weighted by atomic mass is 32.2. The molecule has 2 fully saturated rings. The Balaban J connectivity index is 0.924. The summed E-state index contributed by atoms with van der Waals surface area (Å²) >= 11 is 0. The smallest absolute Gasteiger partial charge is 0.241 e. The lowest BCUT2D eigenvalue weighted by molar-refractivity contribution is -0.253. The number of hydrogen-bond acceptors (Lipinski definition) is 8. The van der Waals surface area contributed by atoms with Gasteiger partial charge < -0.3 is 19.9 Å². The van der Waals surface area contributed by atoms with E-state index in [1.807, 2.05) is 85.8 Å². The maximum atomic E-state index is 13.7. The lowest BCUT2D eigenvalue weighted by Crippen LogP contribution is -2.49. The molecule has 6 aromatic carbocycles. The molecule has 0 aromatic heterocycles. The highest BCUT2D eigenvalue weighted by molar-refractivity contribution is 7.89.